The molecule has 1 amide bonds. The minimum absolute atomic E-state index is 0.188. The first-order valence-electron chi connectivity index (χ1n) is 30.1. The van der Waals surface area contributed by atoms with Crippen LogP contribution in [0, 0.1) is 0 Å². The minimum Gasteiger partial charge on any atom is -0.394 e. The highest BCUT2D eigenvalue weighted by Crippen LogP contribution is 2.33. The quantitative estimate of drug-likeness (QED) is 0.0264. The highest BCUT2D eigenvalue weighted by Gasteiger charge is 2.53. The van der Waals surface area contributed by atoms with E-state index in [0.29, 0.717) is 12.8 Å². The van der Waals surface area contributed by atoms with Crippen LogP contribution in [-0.2, 0) is 33.2 Å². The summed E-state index contributed by atoms with van der Waals surface area (Å²) in [5, 5.41) is 120. The smallest absolute Gasteiger partial charge is 0.220 e. The lowest BCUT2D eigenvalue weighted by Gasteiger charge is -2.48. The molecule has 0 aromatic carbocycles. The SMILES string of the molecule is CC/C=C\C/C=C\C/C=C\C/C=C\C/C=C\C/C=C\C/C=C\CCCCCC(=O)NC(COC1OC(CO)C(OC2OC(CO)C(OC3OC(CO)C(O)C(O)C3O)C(O)C2O)C(O)C1O)C(O)/C=C/CC/C=C/CCCCCCCC. The molecule has 82 heavy (non-hydrogen) atoms. The van der Waals surface area contributed by atoms with E-state index in [0.717, 1.165) is 83.5 Å². The fraction of sp³-hybridized carbons (Fsp3) is 0.698. The molecule has 17 atom stereocenters. The van der Waals surface area contributed by atoms with Crippen LogP contribution in [0.25, 0.3) is 0 Å². The molecule has 0 bridgehead atoms. The van der Waals surface area contributed by atoms with E-state index < -0.39 is 124 Å². The van der Waals surface area contributed by atoms with Gasteiger partial charge in [0.25, 0.3) is 0 Å². The number of aliphatic hydroxyl groups is 11. The van der Waals surface area contributed by atoms with Gasteiger partial charge in [0, 0.05) is 6.42 Å². The Bertz CT molecular complexity index is 1920. The number of carbonyl (C=O) groups excluding carboxylic acids is 1. The summed E-state index contributed by atoms with van der Waals surface area (Å²) in [7, 11) is 0. The molecule has 12 N–H and O–H groups in total. The van der Waals surface area contributed by atoms with Crippen molar-refractivity contribution in [1.82, 2.24) is 5.32 Å². The molecule has 0 spiro atoms. The van der Waals surface area contributed by atoms with Crippen LogP contribution in [0.3, 0.4) is 0 Å². The largest absolute Gasteiger partial charge is 0.394 e. The molecule has 19 nitrogen and oxygen atoms in total. The van der Waals surface area contributed by atoms with Crippen molar-refractivity contribution in [2.24, 2.45) is 0 Å². The Morgan fingerprint density at radius 2 is 0.854 bits per heavy atom. The number of aliphatic hydroxyl groups excluding tert-OH is 11. The molecule has 3 aliphatic heterocycles. The van der Waals surface area contributed by atoms with E-state index in [1.165, 1.54) is 32.1 Å². The van der Waals surface area contributed by atoms with Gasteiger partial charge < -0.3 is 89.9 Å². The number of nitrogens with one attached hydrogen (secondary N) is 1. The van der Waals surface area contributed by atoms with Crippen molar-refractivity contribution in [1.29, 1.82) is 0 Å². The Morgan fingerprint density at radius 3 is 1.37 bits per heavy atom. The Labute approximate surface area is 487 Å². The number of hydrogen-bond acceptors (Lipinski definition) is 18. The van der Waals surface area contributed by atoms with Crippen molar-refractivity contribution in [2.75, 3.05) is 26.4 Å². The highest BCUT2D eigenvalue weighted by atomic mass is 16.8. The Kier molecular flexibility index (Phi) is 39.8. The molecule has 3 heterocycles. The first kappa shape index (κ1) is 72.7. The maximum atomic E-state index is 13.3. The second kappa shape index (κ2) is 44.9. The predicted octanol–water partition coefficient (Wildman–Crippen LogP) is 5.53. The van der Waals surface area contributed by atoms with E-state index in [-0.39, 0.29) is 18.9 Å². The zero-order chi connectivity index (χ0) is 59.7. The summed E-state index contributed by atoms with van der Waals surface area (Å²) in [6.45, 7) is 1.50. The van der Waals surface area contributed by atoms with Gasteiger partial charge in [0.15, 0.2) is 18.9 Å². The summed E-state index contributed by atoms with van der Waals surface area (Å²) < 4.78 is 34.2. The molecule has 3 fully saturated rings. The Balaban J connectivity index is 1.49. The van der Waals surface area contributed by atoms with Crippen LogP contribution in [-0.4, -0.2) is 193 Å². The van der Waals surface area contributed by atoms with Crippen LogP contribution in [0.15, 0.2) is 109 Å². The minimum atomic E-state index is -1.99. The number of rotatable bonds is 42. The molecular formula is C63H103NO18. The van der Waals surface area contributed by atoms with Crippen molar-refractivity contribution < 1.29 is 89.4 Å². The van der Waals surface area contributed by atoms with Gasteiger partial charge in [-0.15, -0.1) is 0 Å². The van der Waals surface area contributed by atoms with E-state index in [9.17, 15) is 61.0 Å². The van der Waals surface area contributed by atoms with Crippen LogP contribution in [0.4, 0.5) is 0 Å². The lowest BCUT2D eigenvalue weighted by Crippen LogP contribution is -2.66. The van der Waals surface area contributed by atoms with Gasteiger partial charge in [-0.05, 0) is 89.9 Å². The monoisotopic (exact) mass is 1160 g/mol. The predicted molar refractivity (Wildman–Crippen MR) is 313 cm³/mol. The van der Waals surface area contributed by atoms with E-state index in [1.807, 2.05) is 6.08 Å². The van der Waals surface area contributed by atoms with E-state index in [1.54, 1.807) is 6.08 Å². The molecule has 19 heteroatoms. The fourth-order valence-corrected chi connectivity index (χ4v) is 9.36. The molecular weight excluding hydrogens is 1060 g/mol. The van der Waals surface area contributed by atoms with Gasteiger partial charge in [-0.1, -0.05) is 162 Å². The number of carbonyl (C=O) groups is 1. The van der Waals surface area contributed by atoms with Gasteiger partial charge >= 0.3 is 0 Å². The zero-order valence-electron chi connectivity index (χ0n) is 48.7. The first-order chi connectivity index (χ1) is 39.8. The lowest BCUT2D eigenvalue weighted by molar-refractivity contribution is -0.379. The molecule has 0 aromatic heterocycles. The van der Waals surface area contributed by atoms with E-state index >= 15 is 0 Å². The number of allylic oxidation sites excluding steroid dienone is 17. The summed E-state index contributed by atoms with van der Waals surface area (Å²) in [5.41, 5.74) is 0. The van der Waals surface area contributed by atoms with Crippen molar-refractivity contribution in [3.63, 3.8) is 0 Å². The molecule has 3 aliphatic rings. The number of ether oxygens (including phenoxy) is 6. The average molecular weight is 1160 g/mol. The fourth-order valence-electron chi connectivity index (χ4n) is 9.36. The van der Waals surface area contributed by atoms with Gasteiger partial charge in [0.05, 0.1) is 38.6 Å². The van der Waals surface area contributed by atoms with Crippen molar-refractivity contribution in [3.8, 4) is 0 Å². The van der Waals surface area contributed by atoms with Crippen LogP contribution in [0.2, 0.25) is 0 Å². The highest BCUT2D eigenvalue weighted by molar-refractivity contribution is 5.76. The summed E-state index contributed by atoms with van der Waals surface area (Å²) in [6, 6.07) is -1.01. The van der Waals surface area contributed by atoms with Gasteiger partial charge in [-0.25, -0.2) is 0 Å². The summed E-state index contributed by atoms with van der Waals surface area (Å²) in [4.78, 5) is 13.3. The Morgan fingerprint density at radius 1 is 0.451 bits per heavy atom. The van der Waals surface area contributed by atoms with E-state index in [2.05, 4.69) is 116 Å². The Hall–Kier alpha value is -3.55. The second-order valence-electron chi connectivity index (χ2n) is 21.1. The molecule has 3 saturated heterocycles. The standard InChI is InChI=1S/C63H103NO18/c1-3-5-7-9-11-13-15-17-18-19-20-21-22-23-24-25-26-27-28-29-31-33-35-37-39-41-51(69)64-46(47(68)40-38-36-34-32-30-16-14-12-10-8-6-4-2)45-77-61-57(75)54(72)59(49(43-66)79-61)82-63-58(76)55(73)60(50(44-67)80-63)81-62-56(74)53(71)52(70)48(42-65)78-62/h5,7,11,13,17-18,20-21,23-24,26-27,29-32,38,40,46-50,52-63,65-68,70-76H,3-4,6,8-10,12,14-16,19,22,25,28,33-37,39,41-45H2,1-2H3,(H,64,69)/b7-5-,13-11-,18-17-,21-20-,24-23-,27-26-,31-29-,32-30+,40-38+. The maximum absolute atomic E-state index is 13.3. The van der Waals surface area contributed by atoms with Crippen LogP contribution in [0.1, 0.15) is 149 Å². The molecule has 17 unspecified atom stereocenters. The third kappa shape index (κ3) is 28.1. The van der Waals surface area contributed by atoms with Gasteiger partial charge in [-0.2, -0.15) is 0 Å². The maximum Gasteiger partial charge on any atom is 0.220 e. The summed E-state index contributed by atoms with van der Waals surface area (Å²) in [5.74, 6) is -0.325. The summed E-state index contributed by atoms with van der Waals surface area (Å²) >= 11 is 0. The van der Waals surface area contributed by atoms with Crippen molar-refractivity contribution in [3.05, 3.63) is 109 Å². The lowest BCUT2D eigenvalue weighted by atomic mass is 9.96. The molecule has 0 radical (unpaired) electrons. The zero-order valence-corrected chi connectivity index (χ0v) is 48.7. The average Bonchev–Trinajstić information content (AvgIpc) is 3.59. The number of unbranched alkanes of at least 4 members (excludes halogenated alkanes) is 10. The van der Waals surface area contributed by atoms with Gasteiger partial charge in [0.1, 0.15) is 73.2 Å². The van der Waals surface area contributed by atoms with Crippen LogP contribution < -0.4 is 5.32 Å². The topological polar surface area (TPSA) is 307 Å². The van der Waals surface area contributed by atoms with Crippen LogP contribution >= 0.6 is 0 Å². The molecule has 0 saturated carbocycles. The van der Waals surface area contributed by atoms with Gasteiger partial charge in [0.2, 0.25) is 5.91 Å². The third-order valence-electron chi connectivity index (χ3n) is 14.3. The normalized spacial score (nSPS) is 30.4. The van der Waals surface area contributed by atoms with Crippen molar-refractivity contribution >= 4 is 5.91 Å². The molecule has 0 aliphatic carbocycles. The van der Waals surface area contributed by atoms with Gasteiger partial charge in [-0.3, -0.25) is 4.79 Å². The van der Waals surface area contributed by atoms with E-state index in [4.69, 9.17) is 28.4 Å². The number of amides is 1. The summed E-state index contributed by atoms with van der Waals surface area (Å²) in [6.07, 6.45) is 30.8. The third-order valence-corrected chi connectivity index (χ3v) is 14.3. The molecule has 3 rings (SSSR count). The number of hydrogen-bond donors (Lipinski definition) is 12. The second-order valence-corrected chi connectivity index (χ2v) is 21.1. The van der Waals surface area contributed by atoms with Crippen LogP contribution in [0.5, 0.6) is 0 Å². The van der Waals surface area contributed by atoms with Crippen molar-refractivity contribution in [2.45, 2.75) is 253 Å². The molecule has 468 valence electrons. The first-order valence-corrected chi connectivity index (χ1v) is 30.1. The molecule has 0 aromatic rings.